The molecule has 132 valence electrons. The van der Waals surface area contributed by atoms with Crippen molar-refractivity contribution in [1.82, 2.24) is 10.2 Å². The first-order valence-corrected chi connectivity index (χ1v) is 7.96. The van der Waals surface area contributed by atoms with Crippen LogP contribution in [0.3, 0.4) is 0 Å². The van der Waals surface area contributed by atoms with E-state index in [0.29, 0.717) is 23.6 Å². The van der Waals surface area contributed by atoms with Crippen molar-refractivity contribution < 1.29 is 18.3 Å². The molecule has 0 bridgehead atoms. The van der Waals surface area contributed by atoms with Gasteiger partial charge in [-0.2, -0.15) is 8.78 Å². The first kappa shape index (κ1) is 17.1. The van der Waals surface area contributed by atoms with Crippen molar-refractivity contribution in [3.8, 4) is 17.0 Å². The van der Waals surface area contributed by atoms with Crippen LogP contribution in [0.25, 0.3) is 11.3 Å². The van der Waals surface area contributed by atoms with Crippen LogP contribution in [0, 0.1) is 5.92 Å². The van der Waals surface area contributed by atoms with Gasteiger partial charge in [-0.3, -0.25) is 4.79 Å². The van der Waals surface area contributed by atoms with E-state index in [1.165, 1.54) is 12.1 Å². The molecule has 3 rings (SSSR count). The Bertz CT molecular complexity index is 740. The molecule has 1 saturated heterocycles. The van der Waals surface area contributed by atoms with Gasteiger partial charge in [0.2, 0.25) is 5.91 Å². The van der Waals surface area contributed by atoms with Crippen LogP contribution in [0.15, 0.2) is 36.4 Å². The number of ether oxygens (including phenoxy) is 1. The summed E-state index contributed by atoms with van der Waals surface area (Å²) in [5.74, 6) is 0.247. The van der Waals surface area contributed by atoms with E-state index in [1.807, 2.05) is 4.90 Å². The van der Waals surface area contributed by atoms with Crippen LogP contribution in [0.1, 0.15) is 12.8 Å². The summed E-state index contributed by atoms with van der Waals surface area (Å²) >= 11 is 0. The predicted molar refractivity (Wildman–Crippen MR) is 88.2 cm³/mol. The smallest absolute Gasteiger partial charge is 0.387 e. The molecule has 2 N–H and O–H groups in total. The summed E-state index contributed by atoms with van der Waals surface area (Å²) in [6, 6.07) is 9.86. The maximum atomic E-state index is 12.3. The van der Waals surface area contributed by atoms with E-state index < -0.39 is 6.61 Å². The van der Waals surface area contributed by atoms with Gasteiger partial charge in [-0.15, -0.1) is 10.2 Å². The second kappa shape index (κ2) is 7.42. The standard InChI is InChI=1S/C17H18F2N4O2/c18-17(19)25-13-5-1-3-11(9-13)14-6-7-15(22-21-14)23-8-2-4-12(10-23)16(20)24/h1,3,5-7,9,12,17H,2,4,8,10H2,(H2,20,24). The molecule has 1 aliphatic heterocycles. The molecule has 1 fully saturated rings. The maximum Gasteiger partial charge on any atom is 0.387 e. The molecule has 2 heterocycles. The SMILES string of the molecule is NC(=O)C1CCCN(c2ccc(-c3cccc(OC(F)F)c3)nn2)C1. The molecule has 6 nitrogen and oxygen atoms in total. The minimum atomic E-state index is -2.87. The molecule has 0 radical (unpaired) electrons. The zero-order valence-corrected chi connectivity index (χ0v) is 13.4. The maximum absolute atomic E-state index is 12.3. The van der Waals surface area contributed by atoms with Crippen molar-refractivity contribution in [1.29, 1.82) is 0 Å². The summed E-state index contributed by atoms with van der Waals surface area (Å²) < 4.78 is 29.0. The van der Waals surface area contributed by atoms with Gasteiger partial charge < -0.3 is 15.4 Å². The number of primary amides is 1. The number of amides is 1. The fraction of sp³-hybridized carbons (Fsp3) is 0.353. The molecule has 25 heavy (non-hydrogen) atoms. The van der Waals surface area contributed by atoms with Crippen molar-refractivity contribution in [3.63, 3.8) is 0 Å². The lowest BCUT2D eigenvalue weighted by molar-refractivity contribution is -0.122. The number of rotatable bonds is 5. The third-order valence-electron chi connectivity index (χ3n) is 4.15. The number of piperidine rings is 1. The average Bonchev–Trinajstić information content (AvgIpc) is 2.62. The van der Waals surface area contributed by atoms with Gasteiger partial charge in [0.1, 0.15) is 5.75 Å². The lowest BCUT2D eigenvalue weighted by atomic mass is 9.97. The molecule has 8 heteroatoms. The summed E-state index contributed by atoms with van der Waals surface area (Å²) in [4.78, 5) is 13.4. The number of aromatic nitrogens is 2. The molecule has 1 aliphatic rings. The van der Waals surface area contributed by atoms with Crippen molar-refractivity contribution in [2.45, 2.75) is 19.5 Å². The van der Waals surface area contributed by atoms with Crippen LogP contribution in [0.5, 0.6) is 5.75 Å². The van der Waals surface area contributed by atoms with Crippen LogP contribution in [-0.4, -0.2) is 35.8 Å². The number of nitrogens with zero attached hydrogens (tertiary/aromatic N) is 3. The third kappa shape index (κ3) is 4.20. The highest BCUT2D eigenvalue weighted by atomic mass is 19.3. The Balaban J connectivity index is 1.75. The molecular formula is C17H18F2N4O2. The van der Waals surface area contributed by atoms with Gasteiger partial charge in [0.25, 0.3) is 0 Å². The molecular weight excluding hydrogens is 330 g/mol. The number of carbonyl (C=O) groups excluding carboxylic acids is 1. The topological polar surface area (TPSA) is 81.3 Å². The summed E-state index contributed by atoms with van der Waals surface area (Å²) in [6.45, 7) is -1.56. The van der Waals surface area contributed by atoms with Crippen LogP contribution in [-0.2, 0) is 4.79 Å². The first-order chi connectivity index (χ1) is 12.0. The number of alkyl halides is 2. The predicted octanol–water partition coefficient (Wildman–Crippen LogP) is 2.45. The second-order valence-corrected chi connectivity index (χ2v) is 5.87. The number of hydrogen-bond donors (Lipinski definition) is 1. The Hall–Kier alpha value is -2.77. The Kier molecular flexibility index (Phi) is 5.06. The molecule has 0 saturated carbocycles. The second-order valence-electron chi connectivity index (χ2n) is 5.87. The number of halogens is 2. The molecule has 1 unspecified atom stereocenters. The van der Waals surface area contributed by atoms with Gasteiger partial charge in [0.15, 0.2) is 5.82 Å². The fourth-order valence-electron chi connectivity index (χ4n) is 2.90. The Morgan fingerprint density at radius 1 is 1.28 bits per heavy atom. The molecule has 0 aliphatic carbocycles. The van der Waals surface area contributed by atoms with Crippen LogP contribution in [0.2, 0.25) is 0 Å². The Labute approximate surface area is 143 Å². The molecule has 0 spiro atoms. The summed E-state index contributed by atoms with van der Waals surface area (Å²) in [6.07, 6.45) is 1.65. The zero-order valence-electron chi connectivity index (χ0n) is 13.4. The minimum Gasteiger partial charge on any atom is -0.435 e. The summed E-state index contributed by atoms with van der Waals surface area (Å²) in [7, 11) is 0. The zero-order chi connectivity index (χ0) is 17.8. The van der Waals surface area contributed by atoms with E-state index in [4.69, 9.17) is 5.73 Å². The van der Waals surface area contributed by atoms with Gasteiger partial charge in [0.05, 0.1) is 11.6 Å². The average molecular weight is 348 g/mol. The van der Waals surface area contributed by atoms with E-state index in [-0.39, 0.29) is 17.6 Å². The molecule has 1 aromatic carbocycles. The van der Waals surface area contributed by atoms with E-state index in [1.54, 1.807) is 24.3 Å². The normalized spacial score (nSPS) is 17.6. The van der Waals surface area contributed by atoms with Gasteiger partial charge in [-0.25, -0.2) is 0 Å². The molecule has 1 atom stereocenters. The van der Waals surface area contributed by atoms with E-state index in [2.05, 4.69) is 14.9 Å². The molecule has 1 aromatic heterocycles. The highest BCUT2D eigenvalue weighted by Gasteiger charge is 2.24. The van der Waals surface area contributed by atoms with Crippen molar-refractivity contribution in [2.24, 2.45) is 11.7 Å². The monoisotopic (exact) mass is 348 g/mol. The van der Waals surface area contributed by atoms with Crippen LogP contribution in [0.4, 0.5) is 14.6 Å². The number of hydrogen-bond acceptors (Lipinski definition) is 5. The van der Waals surface area contributed by atoms with E-state index >= 15 is 0 Å². The lowest BCUT2D eigenvalue weighted by Gasteiger charge is -2.31. The van der Waals surface area contributed by atoms with Gasteiger partial charge in [-0.05, 0) is 37.1 Å². The molecule has 1 amide bonds. The highest BCUT2D eigenvalue weighted by molar-refractivity contribution is 5.77. The van der Waals surface area contributed by atoms with E-state index in [0.717, 1.165) is 19.4 Å². The third-order valence-corrected chi connectivity index (χ3v) is 4.15. The summed E-state index contributed by atoms with van der Waals surface area (Å²) in [5, 5.41) is 8.36. The highest BCUT2D eigenvalue weighted by Crippen LogP contribution is 2.25. The fourth-order valence-corrected chi connectivity index (χ4v) is 2.90. The van der Waals surface area contributed by atoms with Crippen molar-refractivity contribution in [3.05, 3.63) is 36.4 Å². The first-order valence-electron chi connectivity index (χ1n) is 7.96. The van der Waals surface area contributed by atoms with Crippen LogP contribution >= 0.6 is 0 Å². The largest absolute Gasteiger partial charge is 0.435 e. The van der Waals surface area contributed by atoms with Crippen molar-refractivity contribution in [2.75, 3.05) is 18.0 Å². The van der Waals surface area contributed by atoms with E-state index in [9.17, 15) is 13.6 Å². The van der Waals surface area contributed by atoms with Gasteiger partial charge in [-0.1, -0.05) is 12.1 Å². The lowest BCUT2D eigenvalue weighted by Crippen LogP contribution is -2.41. The van der Waals surface area contributed by atoms with Crippen LogP contribution < -0.4 is 15.4 Å². The summed E-state index contributed by atoms with van der Waals surface area (Å²) in [5.41, 5.74) is 6.57. The number of benzene rings is 1. The Morgan fingerprint density at radius 3 is 2.80 bits per heavy atom. The quantitative estimate of drug-likeness (QED) is 0.898. The van der Waals surface area contributed by atoms with Gasteiger partial charge in [0, 0.05) is 18.7 Å². The Morgan fingerprint density at radius 2 is 2.12 bits per heavy atom. The number of carbonyl (C=O) groups is 1. The number of nitrogens with two attached hydrogens (primary N) is 1. The number of anilines is 1. The minimum absolute atomic E-state index is 0.0682. The van der Waals surface area contributed by atoms with Gasteiger partial charge >= 0.3 is 6.61 Å². The van der Waals surface area contributed by atoms with Crippen molar-refractivity contribution >= 4 is 11.7 Å². The molecule has 2 aromatic rings.